The van der Waals surface area contributed by atoms with Crippen LogP contribution in [0, 0.1) is 5.92 Å². The van der Waals surface area contributed by atoms with Crippen LogP contribution in [0.5, 0.6) is 5.75 Å². The van der Waals surface area contributed by atoms with Gasteiger partial charge < -0.3 is 9.84 Å². The molecular formula is C26H42O3. The van der Waals surface area contributed by atoms with Crippen molar-refractivity contribution < 1.29 is 14.6 Å². The first-order chi connectivity index (χ1) is 14.1. The molecule has 3 nitrogen and oxygen atoms in total. The van der Waals surface area contributed by atoms with Crippen LogP contribution < -0.4 is 4.74 Å². The highest BCUT2D eigenvalue weighted by Crippen LogP contribution is 2.34. The number of carboxylic acid groups (broad SMARTS) is 1. The Labute approximate surface area is 178 Å². The van der Waals surface area contributed by atoms with Gasteiger partial charge in [0.05, 0.1) is 13.0 Å². The molecule has 0 bridgehead atoms. The van der Waals surface area contributed by atoms with Crippen molar-refractivity contribution in [1.29, 1.82) is 0 Å². The van der Waals surface area contributed by atoms with Crippen LogP contribution in [0.25, 0.3) is 0 Å². The molecule has 0 spiro atoms. The van der Waals surface area contributed by atoms with Gasteiger partial charge in [-0.05, 0) is 24.8 Å². The maximum absolute atomic E-state index is 12.0. The molecule has 0 saturated carbocycles. The van der Waals surface area contributed by atoms with Gasteiger partial charge in [0.15, 0.2) is 0 Å². The fourth-order valence-corrected chi connectivity index (χ4v) is 4.14. The van der Waals surface area contributed by atoms with Crippen molar-refractivity contribution in [2.45, 2.75) is 96.3 Å². The Morgan fingerprint density at radius 3 is 2.17 bits per heavy atom. The summed E-state index contributed by atoms with van der Waals surface area (Å²) in [6.45, 7) is 6.14. The second-order valence-electron chi connectivity index (χ2n) is 8.23. The average molecular weight is 403 g/mol. The average Bonchev–Trinajstić information content (AvgIpc) is 2.72. The van der Waals surface area contributed by atoms with Gasteiger partial charge in [-0.1, -0.05) is 102 Å². The molecule has 0 amide bonds. The van der Waals surface area contributed by atoms with E-state index in [-0.39, 0.29) is 0 Å². The predicted octanol–water partition coefficient (Wildman–Crippen LogP) is 7.76. The Bertz CT molecular complexity index is 567. The first kappa shape index (κ1) is 25.3. The van der Waals surface area contributed by atoms with Crippen molar-refractivity contribution in [2.75, 3.05) is 7.11 Å². The SMILES string of the molecule is C=CCC(CCCCCCCCCCCC)CC(C(=O)O)c1ccccc1OC. The van der Waals surface area contributed by atoms with Gasteiger partial charge in [-0.15, -0.1) is 6.58 Å². The molecule has 0 aliphatic heterocycles. The van der Waals surface area contributed by atoms with Gasteiger partial charge in [-0.25, -0.2) is 0 Å². The van der Waals surface area contributed by atoms with Crippen LogP contribution in [0.4, 0.5) is 0 Å². The van der Waals surface area contributed by atoms with E-state index in [0.29, 0.717) is 18.1 Å². The van der Waals surface area contributed by atoms with E-state index in [0.717, 1.165) is 18.4 Å². The number of unbranched alkanes of at least 4 members (excludes halogenated alkanes) is 9. The molecule has 0 radical (unpaired) electrons. The van der Waals surface area contributed by atoms with Crippen LogP contribution in [0.15, 0.2) is 36.9 Å². The molecule has 1 rings (SSSR count). The third-order valence-corrected chi connectivity index (χ3v) is 5.85. The van der Waals surface area contributed by atoms with Gasteiger partial charge in [0.2, 0.25) is 0 Å². The van der Waals surface area contributed by atoms with E-state index in [1.54, 1.807) is 7.11 Å². The standard InChI is InChI=1S/C26H42O3/c1-4-6-7-8-9-10-11-12-13-14-18-22(17-5-2)21-24(26(27)28)23-19-15-16-20-25(23)29-3/h5,15-16,19-20,22,24H,2,4,6-14,17-18,21H2,1,3H3,(H,27,28). The first-order valence-corrected chi connectivity index (χ1v) is 11.6. The van der Waals surface area contributed by atoms with Crippen LogP contribution in [0.1, 0.15) is 102 Å². The number of hydrogen-bond acceptors (Lipinski definition) is 2. The van der Waals surface area contributed by atoms with E-state index in [1.807, 2.05) is 30.3 Å². The van der Waals surface area contributed by atoms with Gasteiger partial charge in [0, 0.05) is 5.56 Å². The minimum atomic E-state index is -0.772. The second-order valence-corrected chi connectivity index (χ2v) is 8.23. The third-order valence-electron chi connectivity index (χ3n) is 5.85. The van der Waals surface area contributed by atoms with Crippen molar-refractivity contribution in [2.24, 2.45) is 5.92 Å². The van der Waals surface area contributed by atoms with Crippen LogP contribution in [-0.2, 0) is 4.79 Å². The van der Waals surface area contributed by atoms with Crippen molar-refractivity contribution >= 4 is 5.97 Å². The van der Waals surface area contributed by atoms with Crippen molar-refractivity contribution in [1.82, 2.24) is 0 Å². The van der Waals surface area contributed by atoms with Crippen molar-refractivity contribution in [3.8, 4) is 5.75 Å². The smallest absolute Gasteiger partial charge is 0.311 e. The topological polar surface area (TPSA) is 46.5 Å². The minimum absolute atomic E-state index is 0.354. The van der Waals surface area contributed by atoms with E-state index >= 15 is 0 Å². The molecule has 0 saturated heterocycles. The molecule has 0 heterocycles. The zero-order valence-corrected chi connectivity index (χ0v) is 18.7. The number of para-hydroxylation sites is 1. The summed E-state index contributed by atoms with van der Waals surface area (Å²) in [6.07, 6.45) is 17.7. The molecule has 1 aromatic carbocycles. The molecule has 3 heteroatoms. The molecule has 0 aliphatic carbocycles. The van der Waals surface area contributed by atoms with E-state index in [4.69, 9.17) is 4.74 Å². The minimum Gasteiger partial charge on any atom is -0.496 e. The number of aliphatic carboxylic acids is 1. The molecule has 164 valence electrons. The van der Waals surface area contributed by atoms with Gasteiger partial charge in [0.25, 0.3) is 0 Å². The number of ether oxygens (including phenoxy) is 1. The molecule has 1 aromatic rings. The van der Waals surface area contributed by atoms with E-state index in [2.05, 4.69) is 13.5 Å². The Morgan fingerprint density at radius 1 is 1.03 bits per heavy atom. The third kappa shape index (κ3) is 10.5. The highest BCUT2D eigenvalue weighted by Gasteiger charge is 2.26. The van der Waals surface area contributed by atoms with Crippen molar-refractivity contribution in [3.05, 3.63) is 42.5 Å². The summed E-state index contributed by atoms with van der Waals surface area (Å²) >= 11 is 0. The lowest BCUT2D eigenvalue weighted by Gasteiger charge is -2.22. The fraction of sp³-hybridized carbons (Fsp3) is 0.654. The lowest BCUT2D eigenvalue weighted by Crippen LogP contribution is -2.17. The van der Waals surface area contributed by atoms with Crippen LogP contribution in [0.3, 0.4) is 0 Å². The van der Waals surface area contributed by atoms with Crippen LogP contribution >= 0.6 is 0 Å². The van der Waals surface area contributed by atoms with Crippen LogP contribution in [0.2, 0.25) is 0 Å². The van der Waals surface area contributed by atoms with Gasteiger partial charge in [0.1, 0.15) is 5.75 Å². The molecular weight excluding hydrogens is 360 g/mol. The second kappa shape index (κ2) is 16.1. The predicted molar refractivity (Wildman–Crippen MR) is 123 cm³/mol. The summed E-state index contributed by atoms with van der Waals surface area (Å²) in [5, 5.41) is 9.83. The Hall–Kier alpha value is -1.77. The lowest BCUT2D eigenvalue weighted by atomic mass is 9.84. The summed E-state index contributed by atoms with van der Waals surface area (Å²) in [6, 6.07) is 7.49. The molecule has 1 N–H and O–H groups in total. The molecule has 2 unspecified atom stereocenters. The van der Waals surface area contributed by atoms with Gasteiger partial charge >= 0.3 is 5.97 Å². The molecule has 0 fully saturated rings. The Balaban J connectivity index is 2.42. The lowest BCUT2D eigenvalue weighted by molar-refractivity contribution is -0.139. The monoisotopic (exact) mass is 402 g/mol. The van der Waals surface area contributed by atoms with Gasteiger partial charge in [-0.3, -0.25) is 4.79 Å². The van der Waals surface area contributed by atoms with Crippen molar-refractivity contribution in [3.63, 3.8) is 0 Å². The summed E-state index contributed by atoms with van der Waals surface area (Å²) in [4.78, 5) is 12.0. The van der Waals surface area contributed by atoms with E-state index in [9.17, 15) is 9.90 Å². The number of rotatable bonds is 18. The van der Waals surface area contributed by atoms with E-state index in [1.165, 1.54) is 64.2 Å². The number of benzene rings is 1. The first-order valence-electron chi connectivity index (χ1n) is 11.6. The number of allylic oxidation sites excluding steroid dienone is 1. The summed E-state index contributed by atoms with van der Waals surface area (Å²) in [5.41, 5.74) is 0.777. The number of methoxy groups -OCH3 is 1. The zero-order valence-electron chi connectivity index (χ0n) is 18.7. The molecule has 29 heavy (non-hydrogen) atoms. The van der Waals surface area contributed by atoms with E-state index < -0.39 is 11.9 Å². The maximum Gasteiger partial charge on any atom is 0.311 e. The number of hydrogen-bond donors (Lipinski definition) is 1. The largest absolute Gasteiger partial charge is 0.496 e. The van der Waals surface area contributed by atoms with Gasteiger partial charge in [-0.2, -0.15) is 0 Å². The summed E-state index contributed by atoms with van der Waals surface area (Å²) in [5.74, 6) is -0.283. The summed E-state index contributed by atoms with van der Waals surface area (Å²) < 4.78 is 5.40. The zero-order chi connectivity index (χ0) is 21.3. The highest BCUT2D eigenvalue weighted by atomic mass is 16.5. The number of carbonyl (C=O) groups is 1. The quantitative estimate of drug-likeness (QED) is 0.202. The Morgan fingerprint density at radius 2 is 1.62 bits per heavy atom. The highest BCUT2D eigenvalue weighted by molar-refractivity contribution is 5.77. The molecule has 0 aromatic heterocycles. The fourth-order valence-electron chi connectivity index (χ4n) is 4.14. The molecule has 2 atom stereocenters. The number of carboxylic acids is 1. The summed E-state index contributed by atoms with van der Waals surface area (Å²) in [7, 11) is 1.60. The normalized spacial score (nSPS) is 13.0. The Kier molecular flexibility index (Phi) is 14.0. The molecule has 0 aliphatic rings. The van der Waals surface area contributed by atoms with Crippen LogP contribution in [-0.4, -0.2) is 18.2 Å². The maximum atomic E-state index is 12.0.